The average Bonchev–Trinajstić information content (AvgIpc) is 1.51. The molecule has 10 aromatic rings. The second kappa shape index (κ2) is 34.3. The van der Waals surface area contributed by atoms with Gasteiger partial charge in [-0.15, -0.1) is 11.6 Å². The zero-order valence-electron chi connectivity index (χ0n) is 58.3. The lowest BCUT2D eigenvalue weighted by molar-refractivity contribution is -0.179. The SMILES string of the molecule is CC(C)(C)C(=O)COC(=O)C1(C(=O)OCc2ccccc2)CCN(Cc2ccc(-c3noc(-c4ccc(-c5ccccc5)c(F)c4)n3)cc2)CC1.CC(C)(C)C(=O)COC(=O)C1(C(=O)OCc2ccccc2)CCNCC1.Fc1cc(-c2nc(-c3ccc(CCl)cc3)no2)ccc1-c1ccccc1. The van der Waals surface area contributed by atoms with Crippen LogP contribution >= 0.6 is 11.6 Å². The highest BCUT2D eigenvalue weighted by atomic mass is 35.5. The van der Waals surface area contributed by atoms with Crippen molar-refractivity contribution >= 4 is 47.0 Å². The number of halogens is 3. The molecule has 2 aliphatic rings. The quantitative estimate of drug-likeness (QED) is 0.0305. The molecule has 2 saturated heterocycles. The number of aromatic nitrogens is 4. The first kappa shape index (κ1) is 75.0. The summed E-state index contributed by atoms with van der Waals surface area (Å²) in [6.45, 7) is 12.5. The Bertz CT molecular complexity index is 4510. The topological polar surface area (TPSA) is 232 Å². The van der Waals surface area contributed by atoms with Gasteiger partial charge in [0, 0.05) is 69.7 Å². The third-order valence-electron chi connectivity index (χ3n) is 17.9. The highest BCUT2D eigenvalue weighted by Gasteiger charge is 2.52. The molecule has 2 fully saturated rings. The lowest BCUT2D eigenvalue weighted by atomic mass is 9.78. The number of rotatable bonds is 21. The molecule has 12 rings (SSSR count). The van der Waals surface area contributed by atoms with Crippen LogP contribution in [-0.2, 0) is 73.4 Å². The Kier molecular flexibility index (Phi) is 25.0. The molecule has 532 valence electrons. The highest BCUT2D eigenvalue weighted by Crippen LogP contribution is 2.38. The van der Waals surface area contributed by atoms with E-state index in [4.69, 9.17) is 39.6 Å². The van der Waals surface area contributed by atoms with E-state index in [1.807, 2.05) is 170 Å². The number of piperidine rings is 2. The Morgan fingerprint density at radius 2 is 0.806 bits per heavy atom. The minimum atomic E-state index is -1.51. The lowest BCUT2D eigenvalue weighted by Crippen LogP contribution is -2.50. The zero-order chi connectivity index (χ0) is 73.2. The number of hydrogen-bond acceptors (Lipinski definition) is 18. The van der Waals surface area contributed by atoms with Crippen molar-refractivity contribution < 1.29 is 65.5 Å². The van der Waals surface area contributed by atoms with E-state index < -0.39 is 52.1 Å². The van der Waals surface area contributed by atoms with E-state index in [1.54, 1.807) is 65.8 Å². The van der Waals surface area contributed by atoms with E-state index in [0.29, 0.717) is 85.3 Å². The Balaban J connectivity index is 0.000000184. The van der Waals surface area contributed by atoms with Gasteiger partial charge in [0.1, 0.15) is 24.8 Å². The fourth-order valence-electron chi connectivity index (χ4n) is 11.3. The van der Waals surface area contributed by atoms with E-state index in [-0.39, 0.29) is 67.6 Å². The maximum absolute atomic E-state index is 15.0. The third kappa shape index (κ3) is 19.5. The summed E-state index contributed by atoms with van der Waals surface area (Å²) in [5.41, 5.74) is 4.75. The molecule has 1 N–H and O–H groups in total. The first-order chi connectivity index (χ1) is 49.5. The van der Waals surface area contributed by atoms with Crippen LogP contribution in [0, 0.1) is 33.3 Å². The summed E-state index contributed by atoms with van der Waals surface area (Å²) in [6, 6.07) is 62.3. The number of nitrogens with one attached hydrogen (secondary N) is 1. The van der Waals surface area contributed by atoms with Crippen molar-refractivity contribution in [3.63, 3.8) is 0 Å². The molecule has 2 aromatic heterocycles. The number of carbonyl (C=O) groups excluding carboxylic acids is 6. The maximum atomic E-state index is 15.0. The van der Waals surface area contributed by atoms with Gasteiger partial charge >= 0.3 is 23.9 Å². The van der Waals surface area contributed by atoms with Crippen molar-refractivity contribution in [3.05, 3.63) is 240 Å². The molecule has 21 heteroatoms. The lowest BCUT2D eigenvalue weighted by Gasteiger charge is -2.38. The molecular formula is C82H81ClF2N6O12. The summed E-state index contributed by atoms with van der Waals surface area (Å²) >= 11 is 5.80. The molecule has 0 saturated carbocycles. The maximum Gasteiger partial charge on any atom is 0.324 e. The third-order valence-corrected chi connectivity index (χ3v) is 18.2. The normalized spacial score (nSPS) is 14.1. The van der Waals surface area contributed by atoms with Crippen LogP contribution < -0.4 is 5.32 Å². The smallest absolute Gasteiger partial charge is 0.324 e. The number of likely N-dealkylation sites (tertiary alicyclic amines) is 1. The van der Waals surface area contributed by atoms with E-state index in [9.17, 15) is 37.5 Å². The van der Waals surface area contributed by atoms with Crippen LogP contribution in [0.3, 0.4) is 0 Å². The summed E-state index contributed by atoms with van der Waals surface area (Å²) in [4.78, 5) is 88.0. The molecule has 18 nitrogen and oxygen atoms in total. The van der Waals surface area contributed by atoms with Gasteiger partial charge in [-0.05, 0) is 96.4 Å². The van der Waals surface area contributed by atoms with Crippen LogP contribution in [-0.4, -0.2) is 100 Å². The molecule has 8 aromatic carbocycles. The van der Waals surface area contributed by atoms with Crippen LogP contribution in [0.2, 0.25) is 0 Å². The Labute approximate surface area is 602 Å². The number of benzene rings is 8. The van der Waals surface area contributed by atoms with Crippen LogP contribution in [0.25, 0.3) is 67.9 Å². The molecule has 103 heavy (non-hydrogen) atoms. The zero-order valence-corrected chi connectivity index (χ0v) is 59.1. The number of nitrogens with zero attached hydrogens (tertiary/aromatic N) is 5. The summed E-state index contributed by atoms with van der Waals surface area (Å²) in [7, 11) is 0. The van der Waals surface area contributed by atoms with Crippen molar-refractivity contribution in [2.24, 2.45) is 21.7 Å². The second-order valence-corrected chi connectivity index (χ2v) is 27.6. The van der Waals surface area contributed by atoms with Crippen molar-refractivity contribution in [2.75, 3.05) is 39.4 Å². The number of Topliss-reactive ketones (excluding diaryl/α,β-unsaturated/α-hetero) is 2. The van der Waals surface area contributed by atoms with Crippen molar-refractivity contribution in [2.45, 2.75) is 92.9 Å². The van der Waals surface area contributed by atoms with Gasteiger partial charge in [-0.2, -0.15) is 9.97 Å². The predicted molar refractivity (Wildman–Crippen MR) is 385 cm³/mol. The fraction of sp³-hybridized carbons (Fsp3) is 0.293. The van der Waals surface area contributed by atoms with Gasteiger partial charge in [0.05, 0.1) is 0 Å². The second-order valence-electron chi connectivity index (χ2n) is 27.3. The fourth-order valence-corrected chi connectivity index (χ4v) is 11.5. The van der Waals surface area contributed by atoms with E-state index in [2.05, 4.69) is 30.5 Å². The molecule has 0 radical (unpaired) electrons. The summed E-state index contributed by atoms with van der Waals surface area (Å²) in [5.74, 6) is -1.98. The summed E-state index contributed by atoms with van der Waals surface area (Å²) in [6.07, 6.45) is 0.978. The summed E-state index contributed by atoms with van der Waals surface area (Å²) < 4.78 is 62.0. The highest BCUT2D eigenvalue weighted by molar-refractivity contribution is 6.17. The molecule has 4 heterocycles. The van der Waals surface area contributed by atoms with Gasteiger partial charge in [-0.3, -0.25) is 33.7 Å². The first-order valence-corrected chi connectivity index (χ1v) is 34.4. The molecule has 0 spiro atoms. The van der Waals surface area contributed by atoms with Gasteiger partial charge < -0.3 is 33.3 Å². The van der Waals surface area contributed by atoms with Crippen LogP contribution in [0.15, 0.2) is 215 Å². The number of esters is 4. The minimum absolute atomic E-state index is 0.0327. The van der Waals surface area contributed by atoms with Gasteiger partial charge in [-0.1, -0.05) is 234 Å². The number of alkyl halides is 1. The van der Waals surface area contributed by atoms with Crippen LogP contribution in [0.4, 0.5) is 8.78 Å². The van der Waals surface area contributed by atoms with Crippen molar-refractivity contribution in [3.8, 4) is 67.9 Å². The van der Waals surface area contributed by atoms with Gasteiger partial charge in [0.25, 0.3) is 11.8 Å². The molecule has 0 bridgehead atoms. The van der Waals surface area contributed by atoms with E-state index >= 15 is 0 Å². The Morgan fingerprint density at radius 1 is 0.447 bits per heavy atom. The van der Waals surface area contributed by atoms with Gasteiger partial charge in [-0.25, -0.2) is 8.78 Å². The monoisotopic (exact) mass is 1410 g/mol. The van der Waals surface area contributed by atoms with Crippen molar-refractivity contribution in [1.82, 2.24) is 30.5 Å². The number of ketones is 2. The van der Waals surface area contributed by atoms with E-state index in [1.165, 1.54) is 12.1 Å². The molecular weight excluding hydrogens is 1330 g/mol. The van der Waals surface area contributed by atoms with Crippen molar-refractivity contribution in [1.29, 1.82) is 0 Å². The summed E-state index contributed by atoms with van der Waals surface area (Å²) in [5, 5.41) is 11.2. The predicted octanol–water partition coefficient (Wildman–Crippen LogP) is 15.9. The minimum Gasteiger partial charge on any atom is -0.460 e. The molecule has 0 unspecified atom stereocenters. The average molecular weight is 1420 g/mol. The Hall–Kier alpha value is -10.7. The van der Waals surface area contributed by atoms with Gasteiger partial charge in [0.2, 0.25) is 11.6 Å². The largest absolute Gasteiger partial charge is 0.460 e. The van der Waals surface area contributed by atoms with Crippen LogP contribution in [0.1, 0.15) is 89.5 Å². The van der Waals surface area contributed by atoms with E-state index in [0.717, 1.165) is 44.5 Å². The number of carbonyl (C=O) groups is 6. The van der Waals surface area contributed by atoms with Crippen LogP contribution in [0.5, 0.6) is 0 Å². The number of ether oxygens (including phenoxy) is 4. The molecule has 0 amide bonds. The number of hydrogen-bond donors (Lipinski definition) is 1. The molecule has 0 atom stereocenters. The molecule has 2 aliphatic heterocycles. The van der Waals surface area contributed by atoms with Gasteiger partial charge in [0.15, 0.2) is 35.6 Å². The standard InChI is InChI=1S/C41H40FN3O6.C21H14ClFN2O.C20H27NO5/c1-40(2,3)35(46)27-50-39(48)41(38(47)49-26-29-10-6-4-7-11-29)20-22-45(23-21-41)25-28-14-16-31(17-15-28)36-43-37(51-44-36)32-18-19-33(34(42)24-32)30-12-8-5-9-13-30;22-13-14-6-8-16(9-7-14)20-24-21(26-25-20)17-10-11-18(19(23)12-17)15-4-2-1-3-5-15;1-19(2,3)16(22)14-26-18(24)20(9-11-21-12-10-20)17(23)25-13-15-7-5-4-6-8-15/h4-19,24H,20-23,25-27H2,1-3H3;1-12H,13H2;4-8,21H,9-14H2,1-3H3. The Morgan fingerprint density at radius 3 is 1.18 bits per heavy atom. The molecule has 0 aliphatic carbocycles. The first-order valence-electron chi connectivity index (χ1n) is 33.9.